The van der Waals surface area contributed by atoms with Crippen molar-refractivity contribution in [1.29, 1.82) is 0 Å². The van der Waals surface area contributed by atoms with Crippen LogP contribution in [-0.4, -0.2) is 41.8 Å². The maximum atomic E-state index is 11.8. The fourth-order valence-electron chi connectivity index (χ4n) is 1.37. The molecule has 0 aliphatic heterocycles. The Labute approximate surface area is 119 Å². The highest BCUT2D eigenvalue weighted by molar-refractivity contribution is 5.96. The van der Waals surface area contributed by atoms with E-state index in [9.17, 15) is 18.0 Å². The van der Waals surface area contributed by atoms with Crippen molar-refractivity contribution in [3.8, 4) is 0 Å². The van der Waals surface area contributed by atoms with Gasteiger partial charge in [0.2, 0.25) is 0 Å². The first kappa shape index (κ1) is 17.2. The summed E-state index contributed by atoms with van der Waals surface area (Å²) in [7, 11) is 0. The molecule has 0 spiro atoms. The van der Waals surface area contributed by atoms with Gasteiger partial charge in [-0.2, -0.15) is 13.2 Å². The molecule has 0 atom stereocenters. The van der Waals surface area contributed by atoms with Crippen LogP contribution in [0, 0.1) is 0 Å². The van der Waals surface area contributed by atoms with Crippen LogP contribution in [0.3, 0.4) is 0 Å². The summed E-state index contributed by atoms with van der Waals surface area (Å²) in [5.41, 5.74) is 5.72. The van der Waals surface area contributed by atoms with Gasteiger partial charge in [-0.1, -0.05) is 13.8 Å². The normalized spacial score (nSPS) is 11.7. The Morgan fingerprint density at radius 3 is 2.71 bits per heavy atom. The van der Waals surface area contributed by atoms with Gasteiger partial charge >= 0.3 is 6.18 Å². The quantitative estimate of drug-likeness (QED) is 0.777. The number of aromatic nitrogens is 2. The molecule has 1 amide bonds. The number of nitrogens with zero attached hydrogens (tertiary/aromatic N) is 2. The number of hydrogen-bond donors (Lipinski definition) is 2. The zero-order chi connectivity index (χ0) is 16.0. The van der Waals surface area contributed by atoms with Gasteiger partial charge in [0.05, 0.1) is 18.5 Å². The lowest BCUT2D eigenvalue weighted by molar-refractivity contribution is -0.173. The fourth-order valence-corrected chi connectivity index (χ4v) is 1.37. The summed E-state index contributed by atoms with van der Waals surface area (Å²) in [5.74, 6) is -0.0950. The van der Waals surface area contributed by atoms with Crippen LogP contribution in [0.2, 0.25) is 0 Å². The summed E-state index contributed by atoms with van der Waals surface area (Å²) in [5, 5.41) is 2.39. The Hall–Kier alpha value is -1.90. The van der Waals surface area contributed by atoms with E-state index in [-0.39, 0.29) is 30.5 Å². The van der Waals surface area contributed by atoms with Gasteiger partial charge in [-0.15, -0.1) is 0 Å². The molecule has 9 heteroatoms. The molecule has 0 aliphatic rings. The Morgan fingerprint density at radius 1 is 1.48 bits per heavy atom. The molecule has 0 aliphatic carbocycles. The molecule has 0 fully saturated rings. The van der Waals surface area contributed by atoms with Gasteiger partial charge in [-0.3, -0.25) is 4.79 Å². The summed E-state index contributed by atoms with van der Waals surface area (Å²) < 4.78 is 39.9. The van der Waals surface area contributed by atoms with Crippen LogP contribution < -0.4 is 11.1 Å². The van der Waals surface area contributed by atoms with Crippen molar-refractivity contribution < 1.29 is 22.7 Å². The largest absolute Gasteiger partial charge is 0.411 e. The van der Waals surface area contributed by atoms with Crippen LogP contribution in [0.25, 0.3) is 0 Å². The number of amides is 1. The Kier molecular flexibility index (Phi) is 5.89. The number of carbonyl (C=O) groups is 1. The molecule has 6 nitrogen and oxygen atoms in total. The molecule has 0 bridgehead atoms. The summed E-state index contributed by atoms with van der Waals surface area (Å²) in [6.07, 6.45) is -3.05. The lowest BCUT2D eigenvalue weighted by atomic mass is 10.2. The minimum absolute atomic E-state index is 0.00419. The number of anilines is 1. The van der Waals surface area contributed by atoms with Gasteiger partial charge in [0.25, 0.3) is 5.91 Å². The molecule has 0 saturated carbocycles. The molecular weight excluding hydrogens is 289 g/mol. The number of carbonyl (C=O) groups excluding carboxylic acids is 1. The topological polar surface area (TPSA) is 90.1 Å². The van der Waals surface area contributed by atoms with Crippen molar-refractivity contribution >= 4 is 11.6 Å². The second-order valence-corrected chi connectivity index (χ2v) is 4.61. The van der Waals surface area contributed by atoms with Gasteiger partial charge in [0.1, 0.15) is 12.4 Å². The zero-order valence-corrected chi connectivity index (χ0v) is 11.7. The third kappa shape index (κ3) is 5.94. The predicted octanol–water partition coefficient (Wildman–Crippen LogP) is 1.49. The monoisotopic (exact) mass is 306 g/mol. The molecule has 1 rings (SSSR count). The maximum Gasteiger partial charge on any atom is 0.411 e. The molecule has 1 aromatic heterocycles. The van der Waals surface area contributed by atoms with Crippen LogP contribution in [-0.2, 0) is 4.74 Å². The first-order valence-electron chi connectivity index (χ1n) is 6.26. The molecule has 21 heavy (non-hydrogen) atoms. The second kappa shape index (κ2) is 7.21. The zero-order valence-electron chi connectivity index (χ0n) is 11.7. The molecule has 0 aromatic carbocycles. The number of nitrogens with one attached hydrogen (secondary N) is 1. The van der Waals surface area contributed by atoms with Crippen molar-refractivity contribution in [1.82, 2.24) is 15.3 Å². The highest BCUT2D eigenvalue weighted by Crippen LogP contribution is 2.14. The highest BCUT2D eigenvalue weighted by Gasteiger charge is 2.27. The van der Waals surface area contributed by atoms with Crippen LogP contribution in [0.15, 0.2) is 6.20 Å². The molecule has 0 radical (unpaired) electrons. The number of alkyl halides is 3. The van der Waals surface area contributed by atoms with E-state index in [2.05, 4.69) is 20.0 Å². The summed E-state index contributed by atoms with van der Waals surface area (Å²) >= 11 is 0. The van der Waals surface area contributed by atoms with E-state index in [4.69, 9.17) is 5.73 Å². The van der Waals surface area contributed by atoms with Crippen LogP contribution in [0.4, 0.5) is 18.9 Å². The lowest BCUT2D eigenvalue weighted by Gasteiger charge is -2.10. The predicted molar refractivity (Wildman–Crippen MR) is 69.7 cm³/mol. The van der Waals surface area contributed by atoms with Crippen molar-refractivity contribution in [2.75, 3.05) is 25.5 Å². The number of rotatable bonds is 6. The molecule has 0 unspecified atom stereocenters. The standard InChI is InChI=1S/C12H17F3N4O2/c1-7(2)10-18-5-8(16)9(19-10)11(20)17-3-4-21-6-12(13,14)15/h5,7H,3-4,6,16H2,1-2H3,(H,17,20). The van der Waals surface area contributed by atoms with Crippen molar-refractivity contribution in [2.45, 2.75) is 25.9 Å². The minimum Gasteiger partial charge on any atom is -0.396 e. The van der Waals surface area contributed by atoms with E-state index in [1.165, 1.54) is 6.20 Å². The number of nitrogens with two attached hydrogens (primary N) is 1. The number of hydrogen-bond acceptors (Lipinski definition) is 5. The molecule has 3 N–H and O–H groups in total. The average Bonchev–Trinajstić information content (AvgIpc) is 2.36. The molecule has 118 valence electrons. The maximum absolute atomic E-state index is 11.8. The molecule has 0 saturated heterocycles. The van der Waals surface area contributed by atoms with Crippen LogP contribution >= 0.6 is 0 Å². The van der Waals surface area contributed by atoms with E-state index < -0.39 is 18.7 Å². The van der Waals surface area contributed by atoms with E-state index in [0.717, 1.165) is 0 Å². The lowest BCUT2D eigenvalue weighted by Crippen LogP contribution is -2.30. The van der Waals surface area contributed by atoms with Gasteiger partial charge in [-0.05, 0) is 0 Å². The van der Waals surface area contributed by atoms with Gasteiger partial charge in [-0.25, -0.2) is 9.97 Å². The van der Waals surface area contributed by atoms with Crippen LogP contribution in [0.1, 0.15) is 36.1 Å². The van der Waals surface area contributed by atoms with E-state index >= 15 is 0 Å². The average molecular weight is 306 g/mol. The first-order valence-corrected chi connectivity index (χ1v) is 6.26. The smallest absolute Gasteiger partial charge is 0.396 e. The Morgan fingerprint density at radius 2 is 2.14 bits per heavy atom. The van der Waals surface area contributed by atoms with Crippen molar-refractivity contribution in [3.05, 3.63) is 17.7 Å². The number of halogens is 3. The number of ether oxygens (including phenoxy) is 1. The third-order valence-corrected chi connectivity index (χ3v) is 2.36. The van der Waals surface area contributed by atoms with E-state index in [0.29, 0.717) is 5.82 Å². The summed E-state index contributed by atoms with van der Waals surface area (Å²) in [4.78, 5) is 19.9. The van der Waals surface area contributed by atoms with E-state index in [1.54, 1.807) is 0 Å². The summed E-state index contributed by atoms with van der Waals surface area (Å²) in [6.45, 7) is 2.04. The summed E-state index contributed by atoms with van der Waals surface area (Å²) in [6, 6.07) is 0. The molecule has 1 aromatic rings. The van der Waals surface area contributed by atoms with Gasteiger partial charge < -0.3 is 15.8 Å². The van der Waals surface area contributed by atoms with Crippen molar-refractivity contribution in [3.63, 3.8) is 0 Å². The highest BCUT2D eigenvalue weighted by atomic mass is 19.4. The SMILES string of the molecule is CC(C)c1ncc(N)c(C(=O)NCCOCC(F)(F)F)n1. The van der Waals surface area contributed by atoms with Gasteiger partial charge in [0.15, 0.2) is 5.69 Å². The van der Waals surface area contributed by atoms with Crippen molar-refractivity contribution in [2.24, 2.45) is 0 Å². The fraction of sp³-hybridized carbons (Fsp3) is 0.583. The molecular formula is C12H17F3N4O2. The van der Waals surface area contributed by atoms with Crippen LogP contribution in [0.5, 0.6) is 0 Å². The second-order valence-electron chi connectivity index (χ2n) is 4.61. The Balaban J connectivity index is 2.50. The third-order valence-electron chi connectivity index (χ3n) is 2.36. The molecule has 1 heterocycles. The van der Waals surface area contributed by atoms with Gasteiger partial charge in [0, 0.05) is 12.5 Å². The minimum atomic E-state index is -4.38. The first-order chi connectivity index (χ1) is 9.70. The van der Waals surface area contributed by atoms with E-state index in [1.807, 2.05) is 13.8 Å². The number of nitrogen functional groups attached to an aromatic ring is 1. The Bertz CT molecular complexity index is 492.